The van der Waals surface area contributed by atoms with E-state index < -0.39 is 22.2 Å². The summed E-state index contributed by atoms with van der Waals surface area (Å²) in [6.45, 7) is 2.07. The molecule has 3 aromatic carbocycles. The van der Waals surface area contributed by atoms with E-state index in [4.69, 9.17) is 13.7 Å². The minimum atomic E-state index is -4.22. The van der Waals surface area contributed by atoms with Gasteiger partial charge in [-0.1, -0.05) is 61.5 Å². The highest BCUT2D eigenvalue weighted by atomic mass is 32.2. The van der Waals surface area contributed by atoms with E-state index in [1.807, 2.05) is 55.5 Å². The van der Waals surface area contributed by atoms with Gasteiger partial charge in [0.1, 0.15) is 11.5 Å². The molecule has 7 heteroatoms. The van der Waals surface area contributed by atoms with Crippen LogP contribution in [0.1, 0.15) is 31.7 Å². The molecular formula is C26H28O6S. The Labute approximate surface area is 195 Å². The molecule has 0 bridgehead atoms. The third-order valence-electron chi connectivity index (χ3n) is 4.80. The van der Waals surface area contributed by atoms with E-state index in [0.717, 1.165) is 5.56 Å². The van der Waals surface area contributed by atoms with Crippen LogP contribution in [-0.4, -0.2) is 27.1 Å². The molecule has 0 aliphatic rings. The fraction of sp³-hybridized carbons (Fsp3) is 0.269. The topological polar surface area (TPSA) is 78.9 Å². The molecule has 0 saturated carbocycles. The molecule has 3 rings (SSSR count). The molecule has 0 amide bonds. The lowest BCUT2D eigenvalue weighted by Gasteiger charge is -2.17. The van der Waals surface area contributed by atoms with E-state index in [1.165, 1.54) is 12.1 Å². The van der Waals surface area contributed by atoms with E-state index in [1.54, 1.807) is 24.3 Å². The smallest absolute Gasteiger partial charge is 0.336 e. The van der Waals surface area contributed by atoms with Gasteiger partial charge in [0.25, 0.3) is 10.1 Å². The van der Waals surface area contributed by atoms with Gasteiger partial charge in [0.2, 0.25) is 0 Å². The van der Waals surface area contributed by atoms with Gasteiger partial charge in [-0.05, 0) is 55.5 Å². The molecule has 0 aromatic heterocycles. The molecular weight excluding hydrogens is 440 g/mol. The van der Waals surface area contributed by atoms with Crippen LogP contribution in [0.5, 0.6) is 11.5 Å². The van der Waals surface area contributed by atoms with Crippen molar-refractivity contribution in [2.75, 3.05) is 6.61 Å². The highest BCUT2D eigenvalue weighted by molar-refractivity contribution is 7.86. The van der Waals surface area contributed by atoms with Crippen LogP contribution in [0.4, 0.5) is 0 Å². The number of benzene rings is 3. The van der Waals surface area contributed by atoms with Crippen molar-refractivity contribution in [1.29, 1.82) is 0 Å². The van der Waals surface area contributed by atoms with Crippen molar-refractivity contribution in [2.24, 2.45) is 0 Å². The molecule has 0 aliphatic carbocycles. The first-order valence-electron chi connectivity index (χ1n) is 10.9. The zero-order valence-corrected chi connectivity index (χ0v) is 19.4. The molecule has 174 valence electrons. The first kappa shape index (κ1) is 24.5. The van der Waals surface area contributed by atoms with Crippen molar-refractivity contribution in [1.82, 2.24) is 0 Å². The Kier molecular flexibility index (Phi) is 9.04. The number of ether oxygens (including phenoxy) is 2. The third kappa shape index (κ3) is 7.73. The summed E-state index contributed by atoms with van der Waals surface area (Å²) in [4.78, 5) is 12.4. The minimum absolute atomic E-state index is 0.0905. The number of para-hydroxylation sites is 1. The minimum Gasteiger partial charge on any atom is -0.464 e. The normalized spacial score (nSPS) is 12.2. The molecule has 6 nitrogen and oxygen atoms in total. The van der Waals surface area contributed by atoms with E-state index in [-0.39, 0.29) is 17.9 Å². The van der Waals surface area contributed by atoms with Gasteiger partial charge in [0.05, 0.1) is 11.5 Å². The largest absolute Gasteiger partial charge is 0.464 e. The van der Waals surface area contributed by atoms with E-state index >= 15 is 0 Å². The number of hydrogen-bond donors (Lipinski definition) is 0. The maximum Gasteiger partial charge on any atom is 0.336 e. The SMILES string of the molecule is CCCOC(=O)[C@@H](CCCc1ccccc1)OS(=O)(=O)c1cccc(Oc2ccccc2)c1. The maximum atomic E-state index is 13.0. The lowest BCUT2D eigenvalue weighted by atomic mass is 10.1. The lowest BCUT2D eigenvalue weighted by Crippen LogP contribution is -2.29. The predicted molar refractivity (Wildman–Crippen MR) is 126 cm³/mol. The van der Waals surface area contributed by atoms with Crippen LogP contribution in [0.3, 0.4) is 0 Å². The Bertz CT molecular complexity index is 1110. The maximum absolute atomic E-state index is 13.0. The van der Waals surface area contributed by atoms with Crippen molar-refractivity contribution < 1.29 is 26.9 Å². The van der Waals surface area contributed by atoms with Gasteiger partial charge in [-0.15, -0.1) is 0 Å². The molecule has 1 atom stereocenters. The molecule has 33 heavy (non-hydrogen) atoms. The summed E-state index contributed by atoms with van der Waals surface area (Å²) >= 11 is 0. The summed E-state index contributed by atoms with van der Waals surface area (Å²) in [6.07, 6.45) is 0.902. The quantitative estimate of drug-likeness (QED) is 0.257. The summed E-state index contributed by atoms with van der Waals surface area (Å²) in [5.41, 5.74) is 1.10. The van der Waals surface area contributed by atoms with Crippen LogP contribution in [-0.2, 0) is 30.3 Å². The molecule has 0 N–H and O–H groups in total. The molecule has 0 aliphatic heterocycles. The Hall–Kier alpha value is -3.16. The summed E-state index contributed by atoms with van der Waals surface area (Å²) in [5.74, 6) is 0.250. The molecule has 3 aromatic rings. The van der Waals surface area contributed by atoms with E-state index in [9.17, 15) is 13.2 Å². The molecule has 0 fully saturated rings. The average Bonchev–Trinajstić information content (AvgIpc) is 2.83. The van der Waals surface area contributed by atoms with Crippen molar-refractivity contribution >= 4 is 16.1 Å². The van der Waals surface area contributed by atoms with Crippen LogP contribution in [0, 0.1) is 0 Å². The second-order valence-corrected chi connectivity index (χ2v) is 9.05. The lowest BCUT2D eigenvalue weighted by molar-refractivity contribution is -0.152. The summed E-state index contributed by atoms with van der Waals surface area (Å²) in [5, 5.41) is 0. The van der Waals surface area contributed by atoms with Gasteiger partial charge in [0, 0.05) is 6.07 Å². The average molecular weight is 469 g/mol. The van der Waals surface area contributed by atoms with Gasteiger partial charge >= 0.3 is 5.97 Å². The van der Waals surface area contributed by atoms with Crippen molar-refractivity contribution in [3.8, 4) is 11.5 Å². The van der Waals surface area contributed by atoms with Gasteiger partial charge in [0.15, 0.2) is 6.10 Å². The van der Waals surface area contributed by atoms with Gasteiger partial charge in [-0.3, -0.25) is 4.18 Å². The van der Waals surface area contributed by atoms with Crippen molar-refractivity contribution in [3.05, 3.63) is 90.5 Å². The number of esters is 1. The highest BCUT2D eigenvalue weighted by Gasteiger charge is 2.29. The first-order chi connectivity index (χ1) is 16.0. The van der Waals surface area contributed by atoms with Crippen LogP contribution in [0.15, 0.2) is 89.8 Å². The molecule has 0 unspecified atom stereocenters. The van der Waals surface area contributed by atoms with Crippen LogP contribution >= 0.6 is 0 Å². The van der Waals surface area contributed by atoms with Gasteiger partial charge in [-0.2, -0.15) is 8.42 Å². The summed E-state index contributed by atoms with van der Waals surface area (Å²) in [6, 6.07) is 24.8. The zero-order chi connectivity index (χ0) is 23.5. The molecule has 0 saturated heterocycles. The van der Waals surface area contributed by atoms with Gasteiger partial charge < -0.3 is 9.47 Å². The molecule has 0 spiro atoms. The van der Waals surface area contributed by atoms with Crippen LogP contribution in [0.2, 0.25) is 0 Å². The fourth-order valence-electron chi connectivity index (χ4n) is 3.16. The monoisotopic (exact) mass is 468 g/mol. The van der Waals surface area contributed by atoms with E-state index in [2.05, 4.69) is 0 Å². The predicted octanol–water partition coefficient (Wildman–Crippen LogP) is 5.53. The Morgan fingerprint density at radius 2 is 1.55 bits per heavy atom. The zero-order valence-electron chi connectivity index (χ0n) is 18.6. The first-order valence-corrected chi connectivity index (χ1v) is 12.4. The number of carbonyl (C=O) groups excluding carboxylic acids is 1. The Morgan fingerprint density at radius 1 is 0.879 bits per heavy atom. The second kappa shape index (κ2) is 12.2. The number of hydrogen-bond acceptors (Lipinski definition) is 6. The number of rotatable bonds is 12. The fourth-order valence-corrected chi connectivity index (χ4v) is 4.26. The van der Waals surface area contributed by atoms with Crippen LogP contribution < -0.4 is 4.74 Å². The molecule has 0 radical (unpaired) electrons. The highest BCUT2D eigenvalue weighted by Crippen LogP contribution is 2.26. The summed E-state index contributed by atoms with van der Waals surface area (Å²) in [7, 11) is -4.22. The summed E-state index contributed by atoms with van der Waals surface area (Å²) < 4.78 is 42.2. The van der Waals surface area contributed by atoms with Crippen LogP contribution in [0.25, 0.3) is 0 Å². The number of aryl methyl sites for hydroxylation is 1. The third-order valence-corrected chi connectivity index (χ3v) is 6.12. The van der Waals surface area contributed by atoms with Crippen molar-refractivity contribution in [2.45, 2.75) is 43.6 Å². The standard InChI is InChI=1S/C26H28O6S/c1-2-19-30-26(27)25(18-9-13-21-11-5-3-6-12-21)32-33(28,29)24-17-10-16-23(20-24)31-22-14-7-4-8-15-22/h3-8,10-12,14-17,20,25H,2,9,13,18-19H2,1H3/t25-/m1/s1. The van der Waals surface area contributed by atoms with Gasteiger partial charge in [-0.25, -0.2) is 4.79 Å². The Balaban J connectivity index is 1.71. The second-order valence-electron chi connectivity index (χ2n) is 7.47. The Morgan fingerprint density at radius 3 is 2.24 bits per heavy atom. The van der Waals surface area contributed by atoms with Crippen molar-refractivity contribution in [3.63, 3.8) is 0 Å². The van der Waals surface area contributed by atoms with E-state index in [0.29, 0.717) is 30.8 Å². The number of carbonyl (C=O) groups is 1. The molecule has 0 heterocycles.